The predicted octanol–water partition coefficient (Wildman–Crippen LogP) is 2.94. The molecule has 1 saturated heterocycles. The van der Waals surface area contributed by atoms with Crippen molar-refractivity contribution in [1.29, 1.82) is 0 Å². The van der Waals surface area contributed by atoms with Crippen molar-refractivity contribution in [3.05, 3.63) is 64.3 Å². The van der Waals surface area contributed by atoms with Crippen LogP contribution in [0.4, 0.5) is 11.5 Å². The number of nitrogens with zero attached hydrogens (tertiary/aromatic N) is 3. The smallest absolute Gasteiger partial charge is 0.311 e. The van der Waals surface area contributed by atoms with E-state index in [0.717, 1.165) is 18.4 Å². The summed E-state index contributed by atoms with van der Waals surface area (Å²) in [5.41, 5.74) is 0.962. The molecule has 0 aliphatic carbocycles. The molecule has 1 aromatic carbocycles. The Labute approximate surface area is 134 Å². The van der Waals surface area contributed by atoms with E-state index in [1.54, 1.807) is 12.3 Å². The topological polar surface area (TPSA) is 79.5 Å². The third-order valence-electron chi connectivity index (χ3n) is 4.39. The molecule has 3 rings (SSSR count). The van der Waals surface area contributed by atoms with Crippen LogP contribution in [0.15, 0.2) is 48.7 Å². The van der Waals surface area contributed by atoms with Crippen molar-refractivity contribution >= 4 is 11.5 Å². The second-order valence-electron chi connectivity index (χ2n) is 5.78. The van der Waals surface area contributed by atoms with E-state index in [4.69, 9.17) is 0 Å². The van der Waals surface area contributed by atoms with Crippen LogP contribution in [0.25, 0.3) is 0 Å². The maximum Gasteiger partial charge on any atom is 0.311 e. The number of nitro groups is 1. The van der Waals surface area contributed by atoms with Crippen molar-refractivity contribution in [3.63, 3.8) is 0 Å². The molecular weight excluding hydrogens is 294 g/mol. The summed E-state index contributed by atoms with van der Waals surface area (Å²) in [5.74, 6) is 0.585. The van der Waals surface area contributed by atoms with Crippen LogP contribution < -0.4 is 4.90 Å². The van der Waals surface area contributed by atoms with Crippen LogP contribution in [-0.2, 0) is 0 Å². The quantitative estimate of drug-likeness (QED) is 0.693. The van der Waals surface area contributed by atoms with Gasteiger partial charge >= 0.3 is 5.69 Å². The molecule has 0 saturated carbocycles. The van der Waals surface area contributed by atoms with E-state index >= 15 is 0 Å². The molecule has 1 aromatic heterocycles. The molecule has 1 fully saturated rings. The molecule has 0 radical (unpaired) electrons. The van der Waals surface area contributed by atoms with E-state index in [0.29, 0.717) is 18.9 Å². The van der Waals surface area contributed by atoms with Gasteiger partial charge in [0.05, 0.1) is 11.0 Å². The van der Waals surface area contributed by atoms with E-state index in [2.05, 4.69) is 4.98 Å². The molecule has 1 atom stereocenters. The molecule has 2 aromatic rings. The standard InChI is InChI=1S/C17H19N3O3/c21-16(13-5-2-1-3-6-13)14-8-11-19(12-9-14)17-15(20(22)23)7-4-10-18-17/h1-7,10,14,16,21H,8-9,11-12H2/t16-/m1/s1. The lowest BCUT2D eigenvalue weighted by molar-refractivity contribution is -0.384. The van der Waals surface area contributed by atoms with Crippen molar-refractivity contribution < 1.29 is 10.0 Å². The molecule has 1 aliphatic rings. The maximum atomic E-state index is 11.1. The summed E-state index contributed by atoms with van der Waals surface area (Å²) in [4.78, 5) is 16.8. The van der Waals surface area contributed by atoms with Crippen LogP contribution in [0.1, 0.15) is 24.5 Å². The van der Waals surface area contributed by atoms with Crippen LogP contribution in [0, 0.1) is 16.0 Å². The minimum atomic E-state index is -0.489. The minimum absolute atomic E-state index is 0.0366. The number of anilines is 1. The van der Waals surface area contributed by atoms with Crippen LogP contribution in [0.3, 0.4) is 0 Å². The number of hydrogen-bond acceptors (Lipinski definition) is 5. The average molecular weight is 313 g/mol. The Kier molecular flexibility index (Phi) is 4.52. The van der Waals surface area contributed by atoms with Gasteiger partial charge in [-0.25, -0.2) is 4.98 Å². The van der Waals surface area contributed by atoms with E-state index in [1.165, 1.54) is 6.07 Å². The molecular formula is C17H19N3O3. The first-order valence-electron chi connectivity index (χ1n) is 7.74. The van der Waals surface area contributed by atoms with Gasteiger partial charge in [-0.3, -0.25) is 10.1 Å². The van der Waals surface area contributed by atoms with Gasteiger partial charge < -0.3 is 10.0 Å². The van der Waals surface area contributed by atoms with Gasteiger partial charge in [0.1, 0.15) is 0 Å². The largest absolute Gasteiger partial charge is 0.388 e. The fourth-order valence-corrected chi connectivity index (χ4v) is 3.12. The number of benzene rings is 1. The van der Waals surface area contributed by atoms with Gasteiger partial charge in [0, 0.05) is 25.4 Å². The molecule has 6 heteroatoms. The Morgan fingerprint density at radius 1 is 1.17 bits per heavy atom. The molecule has 1 N–H and O–H groups in total. The van der Waals surface area contributed by atoms with Crippen LogP contribution in [0.5, 0.6) is 0 Å². The Bertz CT molecular complexity index is 670. The van der Waals surface area contributed by atoms with E-state index in [9.17, 15) is 15.2 Å². The summed E-state index contributed by atoms with van der Waals surface area (Å²) in [7, 11) is 0. The number of piperidine rings is 1. The normalized spacial score (nSPS) is 17.0. The fraction of sp³-hybridized carbons (Fsp3) is 0.353. The number of rotatable bonds is 4. The second-order valence-corrected chi connectivity index (χ2v) is 5.78. The van der Waals surface area contributed by atoms with Gasteiger partial charge in [-0.1, -0.05) is 30.3 Å². The summed E-state index contributed by atoms with van der Waals surface area (Å²) in [6.07, 6.45) is 2.65. The van der Waals surface area contributed by atoms with Crippen molar-refractivity contribution in [2.45, 2.75) is 18.9 Å². The zero-order chi connectivity index (χ0) is 16.2. The molecule has 120 valence electrons. The Morgan fingerprint density at radius 3 is 2.52 bits per heavy atom. The van der Waals surface area contributed by atoms with E-state index < -0.39 is 11.0 Å². The number of aliphatic hydroxyl groups is 1. The minimum Gasteiger partial charge on any atom is -0.388 e. The fourth-order valence-electron chi connectivity index (χ4n) is 3.12. The summed E-state index contributed by atoms with van der Waals surface area (Å²) in [5, 5.41) is 21.6. The highest BCUT2D eigenvalue weighted by Crippen LogP contribution is 2.34. The summed E-state index contributed by atoms with van der Waals surface area (Å²) in [6.45, 7) is 1.32. The third-order valence-corrected chi connectivity index (χ3v) is 4.39. The van der Waals surface area contributed by atoms with Gasteiger partial charge in [0.15, 0.2) is 0 Å². The van der Waals surface area contributed by atoms with Crippen molar-refractivity contribution in [3.8, 4) is 0 Å². The summed E-state index contributed by atoms with van der Waals surface area (Å²) >= 11 is 0. The molecule has 23 heavy (non-hydrogen) atoms. The Balaban J connectivity index is 1.68. The van der Waals surface area contributed by atoms with Gasteiger partial charge in [0.2, 0.25) is 5.82 Å². The van der Waals surface area contributed by atoms with Gasteiger partial charge in [-0.05, 0) is 30.4 Å². The summed E-state index contributed by atoms with van der Waals surface area (Å²) in [6, 6.07) is 12.7. The first-order valence-corrected chi connectivity index (χ1v) is 7.74. The van der Waals surface area contributed by atoms with Crippen LogP contribution in [-0.4, -0.2) is 28.1 Å². The van der Waals surface area contributed by atoms with Crippen molar-refractivity contribution in [2.75, 3.05) is 18.0 Å². The van der Waals surface area contributed by atoms with Crippen LogP contribution in [0.2, 0.25) is 0 Å². The van der Waals surface area contributed by atoms with Gasteiger partial charge in [-0.15, -0.1) is 0 Å². The average Bonchev–Trinajstić information content (AvgIpc) is 2.62. The first-order chi connectivity index (χ1) is 11.2. The summed E-state index contributed by atoms with van der Waals surface area (Å²) < 4.78 is 0. The van der Waals surface area contributed by atoms with Gasteiger partial charge in [0.25, 0.3) is 0 Å². The number of aliphatic hydroxyl groups excluding tert-OH is 1. The number of aromatic nitrogens is 1. The lowest BCUT2D eigenvalue weighted by Gasteiger charge is -2.34. The predicted molar refractivity (Wildman–Crippen MR) is 87.2 cm³/mol. The molecule has 0 bridgehead atoms. The molecule has 0 amide bonds. The molecule has 2 heterocycles. The highest BCUT2D eigenvalue weighted by Gasteiger charge is 2.29. The lowest BCUT2D eigenvalue weighted by atomic mass is 9.87. The highest BCUT2D eigenvalue weighted by atomic mass is 16.6. The first kappa shape index (κ1) is 15.4. The zero-order valence-corrected chi connectivity index (χ0v) is 12.7. The Morgan fingerprint density at radius 2 is 1.87 bits per heavy atom. The van der Waals surface area contributed by atoms with Crippen molar-refractivity contribution in [2.24, 2.45) is 5.92 Å². The lowest BCUT2D eigenvalue weighted by Crippen LogP contribution is -2.36. The maximum absolute atomic E-state index is 11.1. The van der Waals surface area contributed by atoms with E-state index in [1.807, 2.05) is 35.2 Å². The van der Waals surface area contributed by atoms with Crippen molar-refractivity contribution in [1.82, 2.24) is 4.98 Å². The highest BCUT2D eigenvalue weighted by molar-refractivity contribution is 5.57. The molecule has 1 aliphatic heterocycles. The molecule has 0 unspecified atom stereocenters. The molecule has 0 spiro atoms. The zero-order valence-electron chi connectivity index (χ0n) is 12.7. The third kappa shape index (κ3) is 3.32. The monoisotopic (exact) mass is 313 g/mol. The van der Waals surface area contributed by atoms with Gasteiger partial charge in [-0.2, -0.15) is 0 Å². The Hall–Kier alpha value is -2.47. The van der Waals surface area contributed by atoms with E-state index in [-0.39, 0.29) is 11.6 Å². The number of hydrogen-bond donors (Lipinski definition) is 1. The SMILES string of the molecule is O=[N+]([O-])c1cccnc1N1CCC([C@H](O)c2ccccc2)CC1. The molecule has 6 nitrogen and oxygen atoms in total. The number of pyridine rings is 1. The second kappa shape index (κ2) is 6.75. The van der Waals surface area contributed by atoms with Crippen LogP contribution >= 0.6 is 0 Å².